The highest BCUT2D eigenvalue weighted by atomic mass is 16.5. The summed E-state index contributed by atoms with van der Waals surface area (Å²) in [7, 11) is 1.65. The highest BCUT2D eigenvalue weighted by Crippen LogP contribution is 2.17. The fraction of sp³-hybridized carbons (Fsp3) is 0.158. The van der Waals surface area contributed by atoms with Gasteiger partial charge in [-0.15, -0.1) is 0 Å². The number of benzene rings is 2. The molecule has 0 saturated carbocycles. The van der Waals surface area contributed by atoms with Crippen LogP contribution >= 0.6 is 0 Å². The number of carbonyl (C=O) groups is 1. The number of fused-ring (bicyclic) bond motifs is 1. The molecule has 0 aliphatic carbocycles. The van der Waals surface area contributed by atoms with Gasteiger partial charge < -0.3 is 10.1 Å². The van der Waals surface area contributed by atoms with Crippen molar-refractivity contribution in [2.45, 2.75) is 6.42 Å². The summed E-state index contributed by atoms with van der Waals surface area (Å²) in [5.41, 5.74) is 2.54. The molecular weight excluding hydrogens is 288 g/mol. The molecule has 0 atom stereocenters. The zero-order valence-electron chi connectivity index (χ0n) is 13.0. The largest absolute Gasteiger partial charge is 0.496 e. The highest BCUT2D eigenvalue weighted by Gasteiger charge is 2.07. The molecule has 0 bridgehead atoms. The normalized spacial score (nSPS) is 10.5. The van der Waals surface area contributed by atoms with Crippen molar-refractivity contribution in [2.75, 3.05) is 13.7 Å². The summed E-state index contributed by atoms with van der Waals surface area (Å²) < 4.78 is 5.31. The molecule has 1 aromatic heterocycles. The number of aromatic nitrogens is 1. The molecule has 3 rings (SSSR count). The van der Waals surface area contributed by atoms with E-state index in [1.807, 2.05) is 54.6 Å². The summed E-state index contributed by atoms with van der Waals surface area (Å²) >= 11 is 0. The van der Waals surface area contributed by atoms with Crippen molar-refractivity contribution in [1.82, 2.24) is 10.3 Å². The van der Waals surface area contributed by atoms with E-state index in [4.69, 9.17) is 4.74 Å². The quantitative estimate of drug-likeness (QED) is 0.787. The van der Waals surface area contributed by atoms with Crippen molar-refractivity contribution >= 4 is 16.8 Å². The van der Waals surface area contributed by atoms with Crippen molar-refractivity contribution in [3.63, 3.8) is 0 Å². The summed E-state index contributed by atoms with van der Waals surface area (Å²) in [6.07, 6.45) is 2.33. The maximum Gasteiger partial charge on any atom is 0.252 e. The van der Waals surface area contributed by atoms with Gasteiger partial charge in [0.1, 0.15) is 5.75 Å². The van der Waals surface area contributed by atoms with Crippen LogP contribution in [-0.4, -0.2) is 24.5 Å². The average Bonchev–Trinajstić information content (AvgIpc) is 2.61. The van der Waals surface area contributed by atoms with E-state index in [1.54, 1.807) is 13.3 Å². The molecule has 4 nitrogen and oxygen atoms in total. The predicted molar refractivity (Wildman–Crippen MR) is 90.8 cm³/mol. The molecule has 1 heterocycles. The number of carbonyl (C=O) groups excluding carboxylic acids is 1. The Hall–Kier alpha value is -2.88. The molecule has 23 heavy (non-hydrogen) atoms. The third-order valence-electron chi connectivity index (χ3n) is 3.73. The van der Waals surface area contributed by atoms with Gasteiger partial charge in [0, 0.05) is 18.1 Å². The van der Waals surface area contributed by atoms with Gasteiger partial charge in [0.05, 0.1) is 18.2 Å². The second-order valence-corrected chi connectivity index (χ2v) is 5.23. The van der Waals surface area contributed by atoms with E-state index in [0.717, 1.165) is 28.6 Å². The van der Waals surface area contributed by atoms with Crippen LogP contribution in [0.1, 0.15) is 15.9 Å². The van der Waals surface area contributed by atoms with Gasteiger partial charge >= 0.3 is 0 Å². The Morgan fingerprint density at radius 3 is 2.78 bits per heavy atom. The Labute approximate surface area is 135 Å². The molecule has 0 saturated heterocycles. The van der Waals surface area contributed by atoms with Gasteiger partial charge in [0.25, 0.3) is 5.91 Å². The van der Waals surface area contributed by atoms with E-state index >= 15 is 0 Å². The summed E-state index contributed by atoms with van der Waals surface area (Å²) in [5, 5.41) is 3.89. The lowest BCUT2D eigenvalue weighted by Crippen LogP contribution is -2.25. The van der Waals surface area contributed by atoms with Crippen molar-refractivity contribution in [2.24, 2.45) is 0 Å². The average molecular weight is 306 g/mol. The number of rotatable bonds is 5. The number of hydrogen-bond acceptors (Lipinski definition) is 3. The van der Waals surface area contributed by atoms with Crippen LogP contribution in [0.2, 0.25) is 0 Å². The number of methoxy groups -OCH3 is 1. The monoisotopic (exact) mass is 306 g/mol. The summed E-state index contributed by atoms with van der Waals surface area (Å²) in [6.45, 7) is 0.548. The van der Waals surface area contributed by atoms with Gasteiger partial charge in [0.2, 0.25) is 0 Å². The lowest BCUT2D eigenvalue weighted by atomic mass is 10.1. The maximum atomic E-state index is 12.3. The molecule has 4 heteroatoms. The fourth-order valence-corrected chi connectivity index (χ4v) is 2.52. The van der Waals surface area contributed by atoms with E-state index in [1.165, 1.54) is 0 Å². The molecule has 0 aliphatic heterocycles. The van der Waals surface area contributed by atoms with Crippen molar-refractivity contribution in [3.05, 3.63) is 71.9 Å². The minimum absolute atomic E-state index is 0.113. The SMILES string of the molecule is COc1ccccc1CCNC(=O)c1cnc2ccccc2c1. The lowest BCUT2D eigenvalue weighted by molar-refractivity contribution is 0.0954. The molecule has 0 radical (unpaired) electrons. The number of amides is 1. The molecule has 2 aromatic carbocycles. The van der Waals surface area contributed by atoms with Crippen LogP contribution in [0.3, 0.4) is 0 Å². The summed E-state index contributed by atoms with van der Waals surface area (Å²) in [5.74, 6) is 0.729. The Morgan fingerprint density at radius 1 is 1.13 bits per heavy atom. The van der Waals surface area contributed by atoms with Crippen LogP contribution in [0.4, 0.5) is 0 Å². The third kappa shape index (κ3) is 3.48. The van der Waals surface area contributed by atoms with Crippen LogP contribution in [0, 0.1) is 0 Å². The zero-order chi connectivity index (χ0) is 16.1. The molecule has 1 amide bonds. The zero-order valence-corrected chi connectivity index (χ0v) is 13.0. The Balaban J connectivity index is 1.64. The van der Waals surface area contributed by atoms with Gasteiger partial charge in [-0.3, -0.25) is 9.78 Å². The molecular formula is C19H18N2O2. The summed E-state index contributed by atoms with van der Waals surface area (Å²) in [4.78, 5) is 16.6. The maximum absolute atomic E-state index is 12.3. The molecule has 116 valence electrons. The van der Waals surface area contributed by atoms with Crippen LogP contribution in [0.5, 0.6) is 5.75 Å². The standard InChI is InChI=1S/C19H18N2O2/c1-23-18-9-5-3-6-14(18)10-11-20-19(22)16-12-15-7-2-4-8-17(15)21-13-16/h2-9,12-13H,10-11H2,1H3,(H,20,22). The molecule has 1 N–H and O–H groups in total. The number of ether oxygens (including phenoxy) is 1. The van der Waals surface area contributed by atoms with E-state index in [2.05, 4.69) is 10.3 Å². The van der Waals surface area contributed by atoms with Gasteiger partial charge in [0.15, 0.2) is 0 Å². The minimum atomic E-state index is -0.113. The fourth-order valence-electron chi connectivity index (χ4n) is 2.52. The molecule has 0 aliphatic rings. The first kappa shape index (κ1) is 15.0. The van der Waals surface area contributed by atoms with E-state index in [-0.39, 0.29) is 5.91 Å². The van der Waals surface area contributed by atoms with Crippen LogP contribution in [0.25, 0.3) is 10.9 Å². The molecule has 0 unspecified atom stereocenters. The van der Waals surface area contributed by atoms with Crippen molar-refractivity contribution in [3.8, 4) is 5.75 Å². The second kappa shape index (κ2) is 6.92. The Bertz CT molecular complexity index is 830. The van der Waals surface area contributed by atoms with Gasteiger partial charge in [-0.25, -0.2) is 0 Å². The van der Waals surface area contributed by atoms with E-state index < -0.39 is 0 Å². The minimum Gasteiger partial charge on any atom is -0.496 e. The Kier molecular flexibility index (Phi) is 4.52. The number of pyridine rings is 1. The van der Waals surface area contributed by atoms with Crippen LogP contribution in [-0.2, 0) is 6.42 Å². The molecule has 0 spiro atoms. The lowest BCUT2D eigenvalue weighted by Gasteiger charge is -2.09. The smallest absolute Gasteiger partial charge is 0.252 e. The molecule has 0 fully saturated rings. The topological polar surface area (TPSA) is 51.2 Å². The number of nitrogens with one attached hydrogen (secondary N) is 1. The number of para-hydroxylation sites is 2. The van der Waals surface area contributed by atoms with E-state index in [0.29, 0.717) is 12.1 Å². The first-order chi connectivity index (χ1) is 11.3. The van der Waals surface area contributed by atoms with Gasteiger partial charge in [-0.2, -0.15) is 0 Å². The Morgan fingerprint density at radius 2 is 1.91 bits per heavy atom. The van der Waals surface area contributed by atoms with Crippen LogP contribution < -0.4 is 10.1 Å². The summed E-state index contributed by atoms with van der Waals surface area (Å²) in [6, 6.07) is 17.4. The van der Waals surface area contributed by atoms with Gasteiger partial charge in [-0.05, 0) is 30.2 Å². The van der Waals surface area contributed by atoms with Crippen LogP contribution in [0.15, 0.2) is 60.8 Å². The van der Waals surface area contributed by atoms with Crippen molar-refractivity contribution < 1.29 is 9.53 Å². The number of nitrogens with zero attached hydrogens (tertiary/aromatic N) is 1. The first-order valence-electron chi connectivity index (χ1n) is 7.53. The predicted octanol–water partition coefficient (Wildman–Crippen LogP) is 3.22. The van der Waals surface area contributed by atoms with E-state index in [9.17, 15) is 4.79 Å². The molecule has 3 aromatic rings. The van der Waals surface area contributed by atoms with Crippen molar-refractivity contribution in [1.29, 1.82) is 0 Å². The van der Waals surface area contributed by atoms with Gasteiger partial charge in [-0.1, -0.05) is 36.4 Å². The number of hydrogen-bond donors (Lipinski definition) is 1. The first-order valence-corrected chi connectivity index (χ1v) is 7.53. The second-order valence-electron chi connectivity index (χ2n) is 5.23. The highest BCUT2D eigenvalue weighted by molar-refractivity contribution is 5.97. The third-order valence-corrected chi connectivity index (χ3v) is 3.73.